The number of para-hydroxylation sites is 1. The molecule has 0 saturated carbocycles. The van der Waals surface area contributed by atoms with Crippen LogP contribution in [0, 0.1) is 5.92 Å². The van der Waals surface area contributed by atoms with Crippen molar-refractivity contribution < 1.29 is 9.53 Å². The monoisotopic (exact) mass is 456 g/mol. The first kappa shape index (κ1) is 23.0. The van der Waals surface area contributed by atoms with Crippen LogP contribution in [-0.4, -0.2) is 20.3 Å². The number of hydrogen-bond donors (Lipinski definition) is 1. The quantitative estimate of drug-likeness (QED) is 0.392. The second kappa shape index (κ2) is 10.2. The second-order valence-corrected chi connectivity index (χ2v) is 8.58. The van der Waals surface area contributed by atoms with Gasteiger partial charge in [-0.05, 0) is 30.0 Å². The maximum absolute atomic E-state index is 13.1. The van der Waals surface area contributed by atoms with E-state index in [0.717, 1.165) is 11.1 Å². The minimum atomic E-state index is -0.667. The molecule has 0 spiro atoms. The van der Waals surface area contributed by atoms with Gasteiger partial charge in [-0.25, -0.2) is 0 Å². The van der Waals surface area contributed by atoms with E-state index in [1.54, 1.807) is 36.3 Å². The highest BCUT2D eigenvalue weighted by Gasteiger charge is 2.23. The van der Waals surface area contributed by atoms with Gasteiger partial charge in [-0.2, -0.15) is 5.10 Å². The fourth-order valence-corrected chi connectivity index (χ4v) is 3.82. The van der Waals surface area contributed by atoms with Crippen molar-refractivity contribution in [2.75, 3.05) is 5.32 Å². The first-order chi connectivity index (χ1) is 16.4. The normalized spacial score (nSPS) is 11.9. The molecular formula is C27H28N4O3. The largest absolute Gasteiger partial charge is 0.456 e. The predicted molar refractivity (Wildman–Crippen MR) is 133 cm³/mol. The number of hydrogen-bond acceptors (Lipinski definition) is 4. The van der Waals surface area contributed by atoms with Crippen molar-refractivity contribution in [3.05, 3.63) is 95.5 Å². The van der Waals surface area contributed by atoms with Crippen LogP contribution in [-0.2, 0) is 11.8 Å². The molecule has 1 amide bonds. The minimum absolute atomic E-state index is 0.208. The third kappa shape index (κ3) is 5.43. The van der Waals surface area contributed by atoms with Crippen LogP contribution in [0.15, 0.2) is 90.0 Å². The van der Waals surface area contributed by atoms with Gasteiger partial charge in [-0.3, -0.25) is 14.3 Å². The highest BCUT2D eigenvalue weighted by molar-refractivity contribution is 5.92. The van der Waals surface area contributed by atoms with Crippen LogP contribution in [0.3, 0.4) is 0 Å². The molecule has 7 nitrogen and oxygen atoms in total. The molecule has 174 valence electrons. The van der Waals surface area contributed by atoms with E-state index in [1.807, 2.05) is 68.4 Å². The molecule has 1 N–H and O–H groups in total. The molecule has 34 heavy (non-hydrogen) atoms. The third-order valence-corrected chi connectivity index (χ3v) is 5.42. The first-order valence-corrected chi connectivity index (χ1v) is 11.3. The molecule has 0 fully saturated rings. The number of carbonyl (C=O) groups excluding carboxylic acids is 1. The summed E-state index contributed by atoms with van der Waals surface area (Å²) in [7, 11) is 1.78. The lowest BCUT2D eigenvalue weighted by Crippen LogP contribution is -2.33. The summed E-state index contributed by atoms with van der Waals surface area (Å²) in [4.78, 5) is 26.1. The number of amides is 1. The number of pyridine rings is 1. The Hall–Kier alpha value is -4.13. The smallest absolute Gasteiger partial charge is 0.254 e. The summed E-state index contributed by atoms with van der Waals surface area (Å²) in [6.45, 7) is 4.04. The zero-order valence-electron chi connectivity index (χ0n) is 19.5. The first-order valence-electron chi connectivity index (χ1n) is 11.3. The summed E-state index contributed by atoms with van der Waals surface area (Å²) >= 11 is 0. The van der Waals surface area contributed by atoms with E-state index in [4.69, 9.17) is 4.74 Å². The van der Waals surface area contributed by atoms with Crippen LogP contribution >= 0.6 is 0 Å². The number of benzene rings is 2. The zero-order valence-corrected chi connectivity index (χ0v) is 19.5. The van der Waals surface area contributed by atoms with Crippen LogP contribution in [0.5, 0.6) is 11.5 Å². The Morgan fingerprint density at radius 1 is 1.00 bits per heavy atom. The molecule has 7 heteroatoms. The van der Waals surface area contributed by atoms with Gasteiger partial charge in [0.25, 0.3) is 5.56 Å². The number of nitrogens with one attached hydrogen (secondary N) is 1. The van der Waals surface area contributed by atoms with Gasteiger partial charge < -0.3 is 14.6 Å². The SMILES string of the molecule is CC(C)CC(C(=O)Nc1ccn(C)n1)n1ccc(Oc2ccccc2-c2ccccc2)cc1=O. The molecule has 1 atom stereocenters. The van der Waals surface area contributed by atoms with E-state index in [-0.39, 0.29) is 17.4 Å². The molecule has 1 unspecified atom stereocenters. The maximum Gasteiger partial charge on any atom is 0.254 e. The molecule has 0 aliphatic rings. The zero-order chi connectivity index (χ0) is 24.1. The van der Waals surface area contributed by atoms with Gasteiger partial charge in [0.15, 0.2) is 5.82 Å². The van der Waals surface area contributed by atoms with Crippen molar-refractivity contribution in [1.29, 1.82) is 0 Å². The number of rotatable bonds is 8. The highest BCUT2D eigenvalue weighted by atomic mass is 16.5. The summed E-state index contributed by atoms with van der Waals surface area (Å²) in [6, 6.07) is 21.8. The third-order valence-electron chi connectivity index (χ3n) is 5.42. The average Bonchev–Trinajstić information content (AvgIpc) is 3.23. The van der Waals surface area contributed by atoms with Gasteiger partial charge in [0.1, 0.15) is 17.5 Å². The lowest BCUT2D eigenvalue weighted by molar-refractivity contribution is -0.119. The summed E-state index contributed by atoms with van der Waals surface area (Å²) < 4.78 is 9.16. The summed E-state index contributed by atoms with van der Waals surface area (Å²) in [5.41, 5.74) is 1.64. The van der Waals surface area contributed by atoms with E-state index >= 15 is 0 Å². The lowest BCUT2D eigenvalue weighted by Gasteiger charge is -2.21. The standard InChI is InChI=1S/C27H28N4O3/c1-19(2)17-23(27(33)28-25-14-15-30(3)29-25)31-16-13-21(18-26(31)32)34-24-12-8-7-11-22(24)20-9-5-4-6-10-20/h4-16,18-19,23H,17H2,1-3H3,(H,28,29,33). The predicted octanol–water partition coefficient (Wildman–Crippen LogP) is 5.27. The fraction of sp³-hybridized carbons (Fsp3) is 0.222. The second-order valence-electron chi connectivity index (χ2n) is 8.58. The average molecular weight is 457 g/mol. The summed E-state index contributed by atoms with van der Waals surface area (Å²) in [6.07, 6.45) is 3.88. The molecule has 0 saturated heterocycles. The van der Waals surface area contributed by atoms with Gasteiger partial charge in [0.05, 0.1) is 0 Å². The van der Waals surface area contributed by atoms with Crippen LogP contribution < -0.4 is 15.6 Å². The van der Waals surface area contributed by atoms with Crippen molar-refractivity contribution in [1.82, 2.24) is 14.3 Å². The van der Waals surface area contributed by atoms with Crippen molar-refractivity contribution >= 4 is 11.7 Å². The van der Waals surface area contributed by atoms with E-state index in [2.05, 4.69) is 10.4 Å². The van der Waals surface area contributed by atoms with Gasteiger partial charge in [0, 0.05) is 37.1 Å². The highest BCUT2D eigenvalue weighted by Crippen LogP contribution is 2.32. The Balaban J connectivity index is 1.59. The summed E-state index contributed by atoms with van der Waals surface area (Å²) in [5, 5.41) is 7.01. The Kier molecular flexibility index (Phi) is 6.92. The van der Waals surface area contributed by atoms with Crippen LogP contribution in [0.4, 0.5) is 5.82 Å². The number of ether oxygens (including phenoxy) is 1. The molecule has 4 aromatic rings. The Morgan fingerprint density at radius 2 is 1.74 bits per heavy atom. The number of nitrogens with zero attached hydrogens (tertiary/aromatic N) is 3. The maximum atomic E-state index is 13.1. The van der Waals surface area contributed by atoms with Crippen LogP contribution in [0.1, 0.15) is 26.3 Å². The topological polar surface area (TPSA) is 78.2 Å². The molecule has 0 aliphatic heterocycles. The molecule has 2 aromatic heterocycles. The number of anilines is 1. The van der Waals surface area contributed by atoms with E-state index in [1.165, 1.54) is 10.6 Å². The van der Waals surface area contributed by atoms with E-state index < -0.39 is 6.04 Å². The van der Waals surface area contributed by atoms with Crippen LogP contribution in [0.25, 0.3) is 11.1 Å². The molecule has 0 aliphatic carbocycles. The van der Waals surface area contributed by atoms with Crippen molar-refractivity contribution in [2.24, 2.45) is 13.0 Å². The lowest BCUT2D eigenvalue weighted by atomic mass is 10.0. The van der Waals surface area contributed by atoms with Crippen molar-refractivity contribution in [3.8, 4) is 22.6 Å². The Bertz CT molecular complexity index is 1320. The summed E-state index contributed by atoms with van der Waals surface area (Å²) in [5.74, 6) is 1.44. The molecule has 2 aromatic carbocycles. The Labute approximate surface area is 198 Å². The molecule has 0 bridgehead atoms. The van der Waals surface area contributed by atoms with Crippen LogP contribution in [0.2, 0.25) is 0 Å². The van der Waals surface area contributed by atoms with Gasteiger partial charge in [0.2, 0.25) is 5.91 Å². The van der Waals surface area contributed by atoms with E-state index in [9.17, 15) is 9.59 Å². The fourth-order valence-electron chi connectivity index (χ4n) is 3.82. The van der Waals surface area contributed by atoms with Gasteiger partial charge >= 0.3 is 0 Å². The van der Waals surface area contributed by atoms with E-state index in [0.29, 0.717) is 23.7 Å². The van der Waals surface area contributed by atoms with Crippen molar-refractivity contribution in [2.45, 2.75) is 26.3 Å². The van der Waals surface area contributed by atoms with Crippen molar-refractivity contribution in [3.63, 3.8) is 0 Å². The molecular weight excluding hydrogens is 428 g/mol. The molecule has 0 radical (unpaired) electrons. The number of aryl methyl sites for hydroxylation is 1. The molecule has 4 rings (SSSR count). The number of carbonyl (C=O) groups is 1. The van der Waals surface area contributed by atoms with Gasteiger partial charge in [-0.15, -0.1) is 0 Å². The van der Waals surface area contributed by atoms with Gasteiger partial charge in [-0.1, -0.05) is 62.4 Å². The minimum Gasteiger partial charge on any atom is -0.456 e. The number of aromatic nitrogens is 3. The molecule has 2 heterocycles. The Morgan fingerprint density at radius 3 is 2.41 bits per heavy atom.